The van der Waals surface area contributed by atoms with Gasteiger partial charge >= 0.3 is 6.18 Å². The highest BCUT2D eigenvalue weighted by Crippen LogP contribution is 2.33. The summed E-state index contributed by atoms with van der Waals surface area (Å²) in [7, 11) is 0. The van der Waals surface area contributed by atoms with Crippen molar-refractivity contribution in [3.05, 3.63) is 41.9 Å². The Balaban J connectivity index is 1.91. The van der Waals surface area contributed by atoms with Crippen LogP contribution in [0.15, 0.2) is 30.5 Å². The molecule has 1 aromatic carbocycles. The number of benzene rings is 1. The number of alkyl halides is 3. The molecule has 22 heavy (non-hydrogen) atoms. The quantitative estimate of drug-likeness (QED) is 0.799. The van der Waals surface area contributed by atoms with Gasteiger partial charge < -0.3 is 15.4 Å². The van der Waals surface area contributed by atoms with E-state index >= 15 is 0 Å². The molecule has 0 amide bonds. The maximum Gasteiger partial charge on any atom is 0.416 e. The standard InChI is InChI=1S/C15H16F3N3O/c16-15(17,18)11-3-1-2-10(8-11)12-9-20-13(21-12)14(22)4-6-19-7-5-14/h1-3,8-9,19,22H,4-7H2,(H,20,21). The molecule has 0 aliphatic carbocycles. The molecular formula is C15H16F3N3O. The lowest BCUT2D eigenvalue weighted by Gasteiger charge is -2.30. The van der Waals surface area contributed by atoms with E-state index in [2.05, 4.69) is 15.3 Å². The summed E-state index contributed by atoms with van der Waals surface area (Å²) in [6.07, 6.45) is -1.89. The average Bonchev–Trinajstić information content (AvgIpc) is 2.98. The fourth-order valence-electron chi connectivity index (χ4n) is 2.64. The van der Waals surface area contributed by atoms with Gasteiger partial charge in [-0.15, -0.1) is 0 Å². The van der Waals surface area contributed by atoms with Crippen LogP contribution in [0.3, 0.4) is 0 Å². The maximum absolute atomic E-state index is 12.8. The van der Waals surface area contributed by atoms with Gasteiger partial charge in [-0.2, -0.15) is 13.2 Å². The molecule has 0 radical (unpaired) electrons. The summed E-state index contributed by atoms with van der Waals surface area (Å²) in [6.45, 7) is 1.35. The number of halogens is 3. The number of nitrogens with one attached hydrogen (secondary N) is 2. The Morgan fingerprint density at radius 3 is 2.59 bits per heavy atom. The van der Waals surface area contributed by atoms with Crippen LogP contribution in [0.2, 0.25) is 0 Å². The monoisotopic (exact) mass is 311 g/mol. The van der Waals surface area contributed by atoms with Crippen LogP contribution in [0.5, 0.6) is 0 Å². The molecule has 1 aliphatic heterocycles. The largest absolute Gasteiger partial charge is 0.416 e. The van der Waals surface area contributed by atoms with Gasteiger partial charge in [-0.1, -0.05) is 12.1 Å². The second kappa shape index (κ2) is 5.40. The van der Waals surface area contributed by atoms with Crippen LogP contribution in [0.25, 0.3) is 11.3 Å². The summed E-state index contributed by atoms with van der Waals surface area (Å²) in [6, 6.07) is 5.04. The number of piperidine rings is 1. The molecule has 0 unspecified atom stereocenters. The van der Waals surface area contributed by atoms with Crippen molar-refractivity contribution in [1.82, 2.24) is 15.3 Å². The number of aliphatic hydroxyl groups is 1. The molecule has 0 saturated carbocycles. The Kier molecular flexibility index (Phi) is 3.70. The molecule has 0 atom stereocenters. The maximum atomic E-state index is 12.8. The van der Waals surface area contributed by atoms with Crippen LogP contribution in [0.4, 0.5) is 13.2 Å². The Hall–Kier alpha value is -1.86. The highest BCUT2D eigenvalue weighted by atomic mass is 19.4. The first kappa shape index (κ1) is 15.1. The number of H-pyrrole nitrogens is 1. The third-order valence-electron chi connectivity index (χ3n) is 3.95. The van der Waals surface area contributed by atoms with Crippen LogP contribution >= 0.6 is 0 Å². The minimum atomic E-state index is -4.38. The SMILES string of the molecule is OC1(c2ncc(-c3cccc(C(F)(F)F)c3)[nH]2)CCNCC1. The topological polar surface area (TPSA) is 60.9 Å². The lowest BCUT2D eigenvalue weighted by atomic mass is 9.92. The fourth-order valence-corrected chi connectivity index (χ4v) is 2.64. The molecule has 7 heteroatoms. The van der Waals surface area contributed by atoms with Crippen LogP contribution in [-0.2, 0) is 11.8 Å². The van der Waals surface area contributed by atoms with Crippen molar-refractivity contribution in [2.75, 3.05) is 13.1 Å². The van der Waals surface area contributed by atoms with Crippen LogP contribution in [-0.4, -0.2) is 28.2 Å². The lowest BCUT2D eigenvalue weighted by molar-refractivity contribution is -0.137. The molecule has 1 aliphatic rings. The molecule has 1 fully saturated rings. The Morgan fingerprint density at radius 1 is 1.18 bits per heavy atom. The van der Waals surface area contributed by atoms with Gasteiger partial charge in [0.05, 0.1) is 17.5 Å². The zero-order chi connectivity index (χ0) is 15.8. The van der Waals surface area contributed by atoms with Crippen molar-refractivity contribution >= 4 is 0 Å². The average molecular weight is 311 g/mol. The van der Waals surface area contributed by atoms with Gasteiger partial charge in [0.1, 0.15) is 11.4 Å². The first-order valence-corrected chi connectivity index (χ1v) is 7.05. The number of aromatic amines is 1. The van der Waals surface area contributed by atoms with Crippen molar-refractivity contribution in [1.29, 1.82) is 0 Å². The summed E-state index contributed by atoms with van der Waals surface area (Å²) in [5.41, 5.74) is -0.897. The molecule has 2 aromatic rings. The number of hydrogen-bond acceptors (Lipinski definition) is 3. The van der Waals surface area contributed by atoms with E-state index in [0.717, 1.165) is 12.1 Å². The zero-order valence-corrected chi connectivity index (χ0v) is 11.7. The van der Waals surface area contributed by atoms with Crippen LogP contribution in [0, 0.1) is 0 Å². The Labute approximate surface area is 125 Å². The van der Waals surface area contributed by atoms with Crippen molar-refractivity contribution < 1.29 is 18.3 Å². The van der Waals surface area contributed by atoms with E-state index in [1.165, 1.54) is 12.3 Å². The number of nitrogens with zero attached hydrogens (tertiary/aromatic N) is 1. The van der Waals surface area contributed by atoms with E-state index in [1.807, 2.05) is 0 Å². The predicted octanol–water partition coefficient (Wildman–Crippen LogP) is 2.67. The van der Waals surface area contributed by atoms with Gasteiger partial charge in [0.25, 0.3) is 0 Å². The van der Waals surface area contributed by atoms with E-state index in [4.69, 9.17) is 0 Å². The first-order valence-electron chi connectivity index (χ1n) is 7.05. The van der Waals surface area contributed by atoms with Gasteiger partial charge in [0, 0.05) is 5.56 Å². The molecule has 118 valence electrons. The van der Waals surface area contributed by atoms with Gasteiger partial charge in [0.2, 0.25) is 0 Å². The van der Waals surface area contributed by atoms with Crippen molar-refractivity contribution in [2.24, 2.45) is 0 Å². The van der Waals surface area contributed by atoms with Gasteiger partial charge in [0.15, 0.2) is 0 Å². The molecule has 4 nitrogen and oxygen atoms in total. The van der Waals surface area contributed by atoms with Crippen LogP contribution < -0.4 is 5.32 Å². The molecule has 1 saturated heterocycles. The van der Waals surface area contributed by atoms with E-state index in [-0.39, 0.29) is 0 Å². The third kappa shape index (κ3) is 2.86. The Bertz CT molecular complexity index is 660. The minimum absolute atomic E-state index is 0.395. The highest BCUT2D eigenvalue weighted by Gasteiger charge is 2.34. The second-order valence-corrected chi connectivity index (χ2v) is 5.51. The first-order chi connectivity index (χ1) is 10.4. The number of rotatable bonds is 2. The van der Waals surface area contributed by atoms with Crippen molar-refractivity contribution in [2.45, 2.75) is 24.6 Å². The summed E-state index contributed by atoms with van der Waals surface area (Å²) in [5.74, 6) is 0.404. The number of hydrogen-bond donors (Lipinski definition) is 3. The highest BCUT2D eigenvalue weighted by molar-refractivity contribution is 5.60. The smallest absolute Gasteiger partial charge is 0.382 e. The molecule has 0 bridgehead atoms. The molecule has 0 spiro atoms. The Morgan fingerprint density at radius 2 is 1.91 bits per heavy atom. The summed E-state index contributed by atoms with van der Waals surface area (Å²) >= 11 is 0. The predicted molar refractivity (Wildman–Crippen MR) is 75.0 cm³/mol. The van der Waals surface area contributed by atoms with Crippen LogP contribution in [0.1, 0.15) is 24.2 Å². The zero-order valence-electron chi connectivity index (χ0n) is 11.7. The van der Waals surface area contributed by atoms with E-state index in [1.54, 1.807) is 6.07 Å². The van der Waals surface area contributed by atoms with Crippen molar-refractivity contribution in [3.63, 3.8) is 0 Å². The van der Waals surface area contributed by atoms with Gasteiger partial charge in [-0.25, -0.2) is 4.98 Å². The third-order valence-corrected chi connectivity index (χ3v) is 3.95. The number of aromatic nitrogens is 2. The number of imidazole rings is 1. The fraction of sp³-hybridized carbons (Fsp3) is 0.400. The summed E-state index contributed by atoms with van der Waals surface area (Å²) < 4.78 is 38.3. The van der Waals surface area contributed by atoms with E-state index in [9.17, 15) is 18.3 Å². The minimum Gasteiger partial charge on any atom is -0.382 e. The van der Waals surface area contributed by atoms with Crippen molar-refractivity contribution in [3.8, 4) is 11.3 Å². The summed E-state index contributed by atoms with van der Waals surface area (Å²) in [5, 5.41) is 13.7. The summed E-state index contributed by atoms with van der Waals surface area (Å²) in [4.78, 5) is 7.13. The van der Waals surface area contributed by atoms with Gasteiger partial charge in [-0.3, -0.25) is 0 Å². The van der Waals surface area contributed by atoms with E-state index in [0.29, 0.717) is 43.0 Å². The molecule has 1 aromatic heterocycles. The molecule has 3 rings (SSSR count). The lowest BCUT2D eigenvalue weighted by Crippen LogP contribution is -2.40. The molecular weight excluding hydrogens is 295 g/mol. The molecule has 2 heterocycles. The van der Waals surface area contributed by atoms with E-state index < -0.39 is 17.3 Å². The normalized spacial score (nSPS) is 18.4. The molecule has 3 N–H and O–H groups in total. The van der Waals surface area contributed by atoms with Gasteiger partial charge in [-0.05, 0) is 38.1 Å². The second-order valence-electron chi connectivity index (χ2n) is 5.51.